The van der Waals surface area contributed by atoms with Gasteiger partial charge in [0.15, 0.2) is 0 Å². The highest BCUT2D eigenvalue weighted by atomic mass is 16.5. The number of hydrogen-bond acceptors (Lipinski definition) is 2. The lowest BCUT2D eigenvalue weighted by atomic mass is 9.76. The molecule has 1 rings (SSSR count). The lowest BCUT2D eigenvalue weighted by molar-refractivity contribution is -0.150. The summed E-state index contributed by atoms with van der Waals surface area (Å²) in [5, 5.41) is 0. The summed E-state index contributed by atoms with van der Waals surface area (Å²) in [6.07, 6.45) is 3.01. The smallest absolute Gasteiger partial charge is 0.312 e. The van der Waals surface area contributed by atoms with Gasteiger partial charge < -0.3 is 4.74 Å². The maximum Gasteiger partial charge on any atom is 0.312 e. The van der Waals surface area contributed by atoms with Crippen LogP contribution in [0.25, 0.3) is 0 Å². The molecule has 0 aromatic heterocycles. The van der Waals surface area contributed by atoms with E-state index in [0.717, 1.165) is 19.3 Å². The SMILES string of the molecule is CCC(C)(C)CC1(C(=O)OC)CC1(C)C. The molecule has 0 saturated heterocycles. The highest BCUT2D eigenvalue weighted by molar-refractivity contribution is 5.81. The van der Waals surface area contributed by atoms with E-state index in [1.54, 1.807) is 0 Å². The normalized spacial score (nSPS) is 28.7. The van der Waals surface area contributed by atoms with Crippen LogP contribution < -0.4 is 0 Å². The molecule has 0 spiro atoms. The summed E-state index contributed by atoms with van der Waals surface area (Å²) in [6.45, 7) is 11.0. The fourth-order valence-electron chi connectivity index (χ4n) is 2.57. The molecule has 0 bridgehead atoms. The zero-order valence-electron chi connectivity index (χ0n) is 10.9. The Morgan fingerprint density at radius 1 is 1.40 bits per heavy atom. The molecule has 2 heteroatoms. The van der Waals surface area contributed by atoms with Gasteiger partial charge in [0.2, 0.25) is 0 Å². The number of carbonyl (C=O) groups is 1. The van der Waals surface area contributed by atoms with Crippen LogP contribution in [-0.2, 0) is 9.53 Å². The maximum absolute atomic E-state index is 11.9. The number of carbonyl (C=O) groups excluding carboxylic acids is 1. The highest BCUT2D eigenvalue weighted by Gasteiger charge is 2.67. The molecule has 1 atom stereocenters. The average molecular weight is 212 g/mol. The van der Waals surface area contributed by atoms with Gasteiger partial charge in [-0.25, -0.2) is 0 Å². The van der Waals surface area contributed by atoms with Crippen molar-refractivity contribution in [2.24, 2.45) is 16.2 Å². The molecule has 1 saturated carbocycles. The van der Waals surface area contributed by atoms with Crippen molar-refractivity contribution in [2.45, 2.75) is 53.9 Å². The van der Waals surface area contributed by atoms with Gasteiger partial charge in [0.1, 0.15) is 0 Å². The van der Waals surface area contributed by atoms with E-state index < -0.39 is 0 Å². The Bertz CT molecular complexity index is 266. The van der Waals surface area contributed by atoms with Gasteiger partial charge in [-0.1, -0.05) is 41.0 Å². The van der Waals surface area contributed by atoms with Crippen molar-refractivity contribution in [3.63, 3.8) is 0 Å². The first-order valence-electron chi connectivity index (χ1n) is 5.79. The number of rotatable bonds is 4. The van der Waals surface area contributed by atoms with Crippen LogP contribution in [0.15, 0.2) is 0 Å². The van der Waals surface area contributed by atoms with E-state index in [9.17, 15) is 4.79 Å². The van der Waals surface area contributed by atoms with E-state index in [2.05, 4.69) is 34.6 Å². The van der Waals surface area contributed by atoms with Gasteiger partial charge >= 0.3 is 5.97 Å². The summed E-state index contributed by atoms with van der Waals surface area (Å²) in [5.74, 6) is -0.0194. The van der Waals surface area contributed by atoms with E-state index in [1.165, 1.54) is 7.11 Å². The van der Waals surface area contributed by atoms with Crippen molar-refractivity contribution in [3.8, 4) is 0 Å². The molecule has 0 aromatic carbocycles. The van der Waals surface area contributed by atoms with Crippen LogP contribution in [0.1, 0.15) is 53.9 Å². The largest absolute Gasteiger partial charge is 0.469 e. The second-order valence-electron chi connectivity index (χ2n) is 6.33. The van der Waals surface area contributed by atoms with Crippen LogP contribution in [-0.4, -0.2) is 13.1 Å². The van der Waals surface area contributed by atoms with Gasteiger partial charge in [-0.05, 0) is 23.7 Å². The Labute approximate surface area is 93.4 Å². The van der Waals surface area contributed by atoms with E-state index in [4.69, 9.17) is 4.74 Å². The summed E-state index contributed by atoms with van der Waals surface area (Å²) < 4.78 is 4.96. The third-order valence-corrected chi connectivity index (χ3v) is 4.23. The Hall–Kier alpha value is -0.530. The average Bonchev–Trinajstić information content (AvgIpc) is 2.67. The Morgan fingerprint density at radius 2 is 1.87 bits per heavy atom. The quantitative estimate of drug-likeness (QED) is 0.668. The van der Waals surface area contributed by atoms with E-state index in [0.29, 0.717) is 0 Å². The number of methoxy groups -OCH3 is 1. The summed E-state index contributed by atoms with van der Waals surface area (Å²) in [5.41, 5.74) is 0.121. The molecule has 88 valence electrons. The molecule has 1 fully saturated rings. The molecule has 0 aromatic rings. The van der Waals surface area contributed by atoms with Gasteiger partial charge in [0, 0.05) is 0 Å². The fraction of sp³-hybridized carbons (Fsp3) is 0.923. The Balaban J connectivity index is 2.84. The third-order valence-electron chi connectivity index (χ3n) is 4.23. The topological polar surface area (TPSA) is 26.3 Å². The summed E-state index contributed by atoms with van der Waals surface area (Å²) in [7, 11) is 1.50. The zero-order chi connectivity index (χ0) is 11.9. The summed E-state index contributed by atoms with van der Waals surface area (Å²) in [4.78, 5) is 11.9. The van der Waals surface area contributed by atoms with Gasteiger partial charge in [-0.2, -0.15) is 0 Å². The molecule has 1 unspecified atom stereocenters. The van der Waals surface area contributed by atoms with E-state index in [1.807, 2.05) is 0 Å². The molecule has 0 heterocycles. The van der Waals surface area contributed by atoms with Crippen LogP contribution in [0.4, 0.5) is 0 Å². The maximum atomic E-state index is 11.9. The molecule has 15 heavy (non-hydrogen) atoms. The molecular weight excluding hydrogens is 188 g/mol. The molecule has 0 N–H and O–H groups in total. The van der Waals surface area contributed by atoms with Gasteiger partial charge in [0.25, 0.3) is 0 Å². The number of hydrogen-bond donors (Lipinski definition) is 0. The standard InChI is InChI=1S/C13H24O2/c1-7-11(2,3)8-13(10(14)15-6)9-12(13,4)5/h7-9H2,1-6H3. The molecular formula is C13H24O2. The van der Waals surface area contributed by atoms with Gasteiger partial charge in [-0.15, -0.1) is 0 Å². The zero-order valence-corrected chi connectivity index (χ0v) is 10.9. The second kappa shape index (κ2) is 3.50. The lowest BCUT2D eigenvalue weighted by Gasteiger charge is -2.29. The molecule has 1 aliphatic rings. The third kappa shape index (κ3) is 2.04. The number of esters is 1. The van der Waals surface area contributed by atoms with Gasteiger partial charge in [-0.3, -0.25) is 4.79 Å². The molecule has 2 nitrogen and oxygen atoms in total. The minimum Gasteiger partial charge on any atom is -0.469 e. The summed E-state index contributed by atoms with van der Waals surface area (Å²) in [6, 6.07) is 0. The molecule has 0 aliphatic heterocycles. The Kier molecular flexibility index (Phi) is 2.92. The Morgan fingerprint density at radius 3 is 2.13 bits per heavy atom. The minimum absolute atomic E-state index is 0.0194. The van der Waals surface area contributed by atoms with Crippen LogP contribution in [0.5, 0.6) is 0 Å². The predicted molar refractivity (Wildman–Crippen MR) is 61.5 cm³/mol. The van der Waals surface area contributed by atoms with Crippen LogP contribution >= 0.6 is 0 Å². The molecule has 0 amide bonds. The van der Waals surface area contributed by atoms with E-state index >= 15 is 0 Å². The van der Waals surface area contributed by atoms with Crippen molar-refractivity contribution in [1.82, 2.24) is 0 Å². The van der Waals surface area contributed by atoms with Crippen molar-refractivity contribution < 1.29 is 9.53 Å². The van der Waals surface area contributed by atoms with Crippen molar-refractivity contribution in [1.29, 1.82) is 0 Å². The van der Waals surface area contributed by atoms with Crippen LogP contribution in [0.3, 0.4) is 0 Å². The highest BCUT2D eigenvalue weighted by Crippen LogP contribution is 2.68. The molecule has 0 radical (unpaired) electrons. The van der Waals surface area contributed by atoms with Crippen molar-refractivity contribution >= 4 is 5.97 Å². The lowest BCUT2D eigenvalue weighted by Crippen LogP contribution is -2.29. The van der Waals surface area contributed by atoms with Crippen LogP contribution in [0.2, 0.25) is 0 Å². The number of ether oxygens (including phenoxy) is 1. The monoisotopic (exact) mass is 212 g/mol. The molecule has 1 aliphatic carbocycles. The summed E-state index contributed by atoms with van der Waals surface area (Å²) >= 11 is 0. The fourth-order valence-corrected chi connectivity index (χ4v) is 2.57. The van der Waals surface area contributed by atoms with Crippen LogP contribution in [0, 0.1) is 16.2 Å². The first-order chi connectivity index (χ1) is 6.71. The first-order valence-corrected chi connectivity index (χ1v) is 5.79. The van der Waals surface area contributed by atoms with Crippen molar-refractivity contribution in [2.75, 3.05) is 7.11 Å². The van der Waals surface area contributed by atoms with Crippen molar-refractivity contribution in [3.05, 3.63) is 0 Å². The minimum atomic E-state index is -0.221. The second-order valence-corrected chi connectivity index (χ2v) is 6.33. The van der Waals surface area contributed by atoms with E-state index in [-0.39, 0.29) is 22.2 Å². The predicted octanol–water partition coefficient (Wildman–Crippen LogP) is 3.40. The first kappa shape index (κ1) is 12.5. The van der Waals surface area contributed by atoms with Gasteiger partial charge in [0.05, 0.1) is 12.5 Å².